The molecular weight excluding hydrogens is 317 g/mol. The Kier molecular flexibility index (Phi) is 5.28. The third-order valence-electron chi connectivity index (χ3n) is 4.01. The van der Waals surface area contributed by atoms with Crippen LogP contribution >= 0.6 is 0 Å². The molecule has 25 heavy (non-hydrogen) atoms. The van der Waals surface area contributed by atoms with Gasteiger partial charge in [-0.25, -0.2) is 9.37 Å². The lowest BCUT2D eigenvalue weighted by atomic mass is 10.1. The molecule has 0 atom stereocenters. The Hall–Kier alpha value is -2.89. The number of fused-ring (bicyclic) bond motifs is 1. The Morgan fingerprint density at radius 2 is 2.04 bits per heavy atom. The van der Waals surface area contributed by atoms with E-state index in [1.165, 1.54) is 0 Å². The number of nitrogens with one attached hydrogen (secondary N) is 3. The number of hydrogen-bond acceptors (Lipinski definition) is 2. The molecule has 3 aromatic rings. The van der Waals surface area contributed by atoms with E-state index in [1.54, 1.807) is 26.1 Å². The number of para-hydroxylation sites is 2. The van der Waals surface area contributed by atoms with Gasteiger partial charge in [-0.05, 0) is 36.2 Å². The first-order chi connectivity index (χ1) is 12.2. The van der Waals surface area contributed by atoms with Crippen molar-refractivity contribution in [2.75, 3.05) is 13.6 Å². The van der Waals surface area contributed by atoms with Crippen molar-refractivity contribution in [3.05, 3.63) is 65.2 Å². The standard InChI is InChI=1S/C19H22FN5/c1-13-7-8-14(11-15(13)20)12-23-19(21-2)22-10-9-18-24-16-5-3-4-6-17(16)25-18/h3-8,11H,9-10,12H2,1-2H3,(H,24,25)(H2,21,22,23). The van der Waals surface area contributed by atoms with Gasteiger partial charge in [0.1, 0.15) is 11.6 Å². The maximum atomic E-state index is 13.6. The fraction of sp³-hybridized carbons (Fsp3) is 0.263. The number of imidazole rings is 1. The first kappa shape index (κ1) is 17.0. The topological polar surface area (TPSA) is 65.1 Å². The average Bonchev–Trinajstić information content (AvgIpc) is 3.03. The number of H-pyrrole nitrogens is 1. The lowest BCUT2D eigenvalue weighted by molar-refractivity contribution is 0.615. The van der Waals surface area contributed by atoms with Gasteiger partial charge in [0.15, 0.2) is 5.96 Å². The number of hydrogen-bond donors (Lipinski definition) is 3. The molecule has 0 aliphatic rings. The second-order valence-corrected chi connectivity index (χ2v) is 5.89. The summed E-state index contributed by atoms with van der Waals surface area (Å²) in [7, 11) is 1.71. The monoisotopic (exact) mass is 339 g/mol. The zero-order valence-electron chi connectivity index (χ0n) is 14.4. The highest BCUT2D eigenvalue weighted by Gasteiger charge is 2.04. The summed E-state index contributed by atoms with van der Waals surface area (Å²) in [5.41, 5.74) is 3.54. The minimum absolute atomic E-state index is 0.188. The third-order valence-corrected chi connectivity index (χ3v) is 4.01. The van der Waals surface area contributed by atoms with Crippen molar-refractivity contribution in [2.45, 2.75) is 19.9 Å². The molecule has 5 nitrogen and oxygen atoms in total. The largest absolute Gasteiger partial charge is 0.356 e. The Morgan fingerprint density at radius 3 is 2.80 bits per heavy atom. The summed E-state index contributed by atoms with van der Waals surface area (Å²) in [4.78, 5) is 12.0. The van der Waals surface area contributed by atoms with Crippen molar-refractivity contribution in [1.82, 2.24) is 20.6 Å². The van der Waals surface area contributed by atoms with Crippen molar-refractivity contribution in [2.24, 2.45) is 4.99 Å². The molecule has 1 aromatic heterocycles. The van der Waals surface area contributed by atoms with E-state index in [1.807, 2.05) is 30.3 Å². The van der Waals surface area contributed by atoms with Gasteiger partial charge in [-0.1, -0.05) is 24.3 Å². The number of halogens is 1. The van der Waals surface area contributed by atoms with E-state index in [9.17, 15) is 4.39 Å². The van der Waals surface area contributed by atoms with Crippen molar-refractivity contribution in [3.8, 4) is 0 Å². The normalized spacial score (nSPS) is 11.7. The maximum absolute atomic E-state index is 13.6. The second kappa shape index (κ2) is 7.79. The van der Waals surface area contributed by atoms with Crippen LogP contribution in [0.15, 0.2) is 47.5 Å². The molecule has 0 bridgehead atoms. The molecule has 0 fully saturated rings. The molecule has 0 saturated carbocycles. The van der Waals surface area contributed by atoms with Crippen molar-refractivity contribution in [3.63, 3.8) is 0 Å². The Morgan fingerprint density at radius 1 is 1.20 bits per heavy atom. The molecule has 0 saturated heterocycles. The predicted molar refractivity (Wildman–Crippen MR) is 99.1 cm³/mol. The summed E-state index contributed by atoms with van der Waals surface area (Å²) in [5.74, 6) is 1.42. The number of rotatable bonds is 5. The Balaban J connectivity index is 1.49. The van der Waals surface area contributed by atoms with Crippen molar-refractivity contribution in [1.29, 1.82) is 0 Å². The van der Waals surface area contributed by atoms with Gasteiger partial charge >= 0.3 is 0 Å². The Bertz CT molecular complexity index is 851. The number of benzene rings is 2. The Labute approximate surface area is 146 Å². The number of aromatic amines is 1. The molecule has 2 aromatic carbocycles. The first-order valence-electron chi connectivity index (χ1n) is 8.29. The molecule has 3 N–H and O–H groups in total. The van der Waals surface area contributed by atoms with Crippen LogP contribution in [0.1, 0.15) is 17.0 Å². The molecule has 0 aliphatic heterocycles. The quantitative estimate of drug-likeness (QED) is 0.495. The van der Waals surface area contributed by atoms with Gasteiger partial charge in [-0.15, -0.1) is 0 Å². The van der Waals surface area contributed by atoms with Crippen LogP contribution in [0.4, 0.5) is 4.39 Å². The third kappa shape index (κ3) is 4.35. The molecule has 0 aliphatic carbocycles. The molecule has 3 rings (SSSR count). The van der Waals surface area contributed by atoms with Gasteiger partial charge in [-0.2, -0.15) is 0 Å². The maximum Gasteiger partial charge on any atom is 0.191 e. The summed E-state index contributed by atoms with van der Waals surface area (Å²) >= 11 is 0. The summed E-state index contributed by atoms with van der Waals surface area (Å²) < 4.78 is 13.6. The van der Waals surface area contributed by atoms with E-state index in [0.29, 0.717) is 24.6 Å². The van der Waals surface area contributed by atoms with Crippen LogP contribution in [0.5, 0.6) is 0 Å². The highest BCUT2D eigenvalue weighted by Crippen LogP contribution is 2.10. The van der Waals surface area contributed by atoms with Gasteiger partial charge in [0.25, 0.3) is 0 Å². The zero-order chi connectivity index (χ0) is 17.6. The van der Waals surface area contributed by atoms with Crippen LogP contribution in [0.2, 0.25) is 0 Å². The predicted octanol–water partition coefficient (Wildman–Crippen LogP) is 2.92. The van der Waals surface area contributed by atoms with Gasteiger partial charge in [-0.3, -0.25) is 4.99 Å². The molecule has 1 heterocycles. The average molecular weight is 339 g/mol. The molecular formula is C19H22FN5. The van der Waals surface area contributed by atoms with Crippen LogP contribution in [0, 0.1) is 12.7 Å². The molecule has 0 amide bonds. The number of aliphatic imine (C=N–C) groups is 1. The zero-order valence-corrected chi connectivity index (χ0v) is 14.4. The highest BCUT2D eigenvalue weighted by molar-refractivity contribution is 5.79. The second-order valence-electron chi connectivity index (χ2n) is 5.89. The van der Waals surface area contributed by atoms with Crippen LogP contribution in [-0.4, -0.2) is 29.5 Å². The lowest BCUT2D eigenvalue weighted by Crippen LogP contribution is -2.38. The highest BCUT2D eigenvalue weighted by atomic mass is 19.1. The fourth-order valence-electron chi connectivity index (χ4n) is 2.58. The smallest absolute Gasteiger partial charge is 0.191 e. The van der Waals surface area contributed by atoms with Gasteiger partial charge in [0, 0.05) is 26.6 Å². The molecule has 0 spiro atoms. The molecule has 6 heteroatoms. The van der Waals surface area contributed by atoms with Crippen molar-refractivity contribution >= 4 is 17.0 Å². The number of guanidine groups is 1. The van der Waals surface area contributed by atoms with Gasteiger partial charge in [0.2, 0.25) is 0 Å². The summed E-state index contributed by atoms with van der Waals surface area (Å²) in [6.45, 7) is 2.97. The SMILES string of the molecule is CN=C(NCCc1nc2ccccc2[nH]1)NCc1ccc(C)c(F)c1. The number of nitrogens with zero attached hydrogens (tertiary/aromatic N) is 2. The minimum Gasteiger partial charge on any atom is -0.356 e. The molecule has 0 radical (unpaired) electrons. The van der Waals surface area contributed by atoms with E-state index < -0.39 is 0 Å². The molecule has 130 valence electrons. The number of aryl methyl sites for hydroxylation is 1. The fourth-order valence-corrected chi connectivity index (χ4v) is 2.58. The summed E-state index contributed by atoms with van der Waals surface area (Å²) in [5, 5.41) is 6.43. The van der Waals surface area contributed by atoms with E-state index in [-0.39, 0.29) is 5.82 Å². The van der Waals surface area contributed by atoms with E-state index in [2.05, 4.69) is 25.6 Å². The van der Waals surface area contributed by atoms with E-state index in [0.717, 1.165) is 28.8 Å². The van der Waals surface area contributed by atoms with Crippen LogP contribution in [0.25, 0.3) is 11.0 Å². The summed E-state index contributed by atoms with van der Waals surface area (Å²) in [6.07, 6.45) is 0.758. The van der Waals surface area contributed by atoms with E-state index >= 15 is 0 Å². The minimum atomic E-state index is -0.188. The van der Waals surface area contributed by atoms with Gasteiger partial charge < -0.3 is 15.6 Å². The lowest BCUT2D eigenvalue weighted by Gasteiger charge is -2.11. The van der Waals surface area contributed by atoms with Crippen LogP contribution < -0.4 is 10.6 Å². The van der Waals surface area contributed by atoms with E-state index in [4.69, 9.17) is 0 Å². The summed E-state index contributed by atoms with van der Waals surface area (Å²) in [6, 6.07) is 13.2. The van der Waals surface area contributed by atoms with Crippen LogP contribution in [-0.2, 0) is 13.0 Å². The molecule has 0 unspecified atom stereocenters. The van der Waals surface area contributed by atoms with Crippen LogP contribution in [0.3, 0.4) is 0 Å². The number of aromatic nitrogens is 2. The van der Waals surface area contributed by atoms with Gasteiger partial charge in [0.05, 0.1) is 11.0 Å². The first-order valence-corrected chi connectivity index (χ1v) is 8.29. The van der Waals surface area contributed by atoms with Crippen molar-refractivity contribution < 1.29 is 4.39 Å².